The van der Waals surface area contributed by atoms with Crippen LogP contribution in [0.15, 0.2) is 47.7 Å². The maximum Gasteiger partial charge on any atom is 0.193 e. The summed E-state index contributed by atoms with van der Waals surface area (Å²) in [7, 11) is 2.08. The Kier molecular flexibility index (Phi) is 7.09. The summed E-state index contributed by atoms with van der Waals surface area (Å²) in [6, 6.07) is 10.2. The third-order valence-electron chi connectivity index (χ3n) is 5.28. The lowest BCUT2D eigenvalue weighted by atomic mass is 10.0. The largest absolute Gasteiger partial charge is 0.382 e. The van der Waals surface area contributed by atoms with Crippen LogP contribution in [0, 0.1) is 5.41 Å². The molecule has 1 heterocycles. The van der Waals surface area contributed by atoms with Gasteiger partial charge in [0.05, 0.1) is 11.9 Å². The fourth-order valence-electron chi connectivity index (χ4n) is 3.32. The molecule has 0 aliphatic heterocycles. The van der Waals surface area contributed by atoms with Gasteiger partial charge >= 0.3 is 0 Å². The van der Waals surface area contributed by atoms with E-state index in [2.05, 4.69) is 54.5 Å². The Morgan fingerprint density at radius 3 is 2.75 bits per heavy atom. The molecule has 28 heavy (non-hydrogen) atoms. The molecule has 6 heteroatoms. The smallest absolute Gasteiger partial charge is 0.193 e. The first-order valence-electron chi connectivity index (χ1n) is 10.3. The maximum absolute atomic E-state index is 5.55. The fourth-order valence-corrected chi connectivity index (χ4v) is 3.32. The lowest BCUT2D eigenvalue weighted by Crippen LogP contribution is -2.38. The Balaban J connectivity index is 1.60. The van der Waals surface area contributed by atoms with Crippen LogP contribution in [0.4, 0.5) is 0 Å². The van der Waals surface area contributed by atoms with Crippen LogP contribution in [0.1, 0.15) is 38.7 Å². The van der Waals surface area contributed by atoms with Crippen molar-refractivity contribution in [2.45, 2.75) is 39.7 Å². The van der Waals surface area contributed by atoms with Crippen molar-refractivity contribution < 1.29 is 4.74 Å². The van der Waals surface area contributed by atoms with Gasteiger partial charge in [0.2, 0.25) is 0 Å². The summed E-state index contributed by atoms with van der Waals surface area (Å²) in [5, 5.41) is 7.92. The van der Waals surface area contributed by atoms with Crippen molar-refractivity contribution in [3.8, 4) is 5.69 Å². The van der Waals surface area contributed by atoms with Gasteiger partial charge in [0.1, 0.15) is 0 Å². The first kappa shape index (κ1) is 20.4. The van der Waals surface area contributed by atoms with Gasteiger partial charge in [-0.1, -0.05) is 18.2 Å². The van der Waals surface area contributed by atoms with Crippen LogP contribution >= 0.6 is 0 Å². The summed E-state index contributed by atoms with van der Waals surface area (Å²) < 4.78 is 7.46. The normalized spacial score (nSPS) is 15.5. The number of para-hydroxylation sites is 1. The Morgan fingerprint density at radius 2 is 2.07 bits per heavy atom. The average Bonchev–Trinajstić information content (AvgIpc) is 3.33. The van der Waals surface area contributed by atoms with Crippen LogP contribution in [-0.2, 0) is 11.3 Å². The van der Waals surface area contributed by atoms with Crippen LogP contribution in [0.3, 0.4) is 0 Å². The molecule has 1 aliphatic rings. The van der Waals surface area contributed by atoms with E-state index in [0.717, 1.165) is 56.5 Å². The van der Waals surface area contributed by atoms with Gasteiger partial charge in [-0.05, 0) is 50.7 Å². The molecule has 1 aromatic carbocycles. The SMILES string of the molecule is CCNC(=NCC1(CCOCC)CC1)N(C)Cc1cnn(-c2ccccc2)c1. The van der Waals surface area contributed by atoms with E-state index < -0.39 is 0 Å². The zero-order valence-electron chi connectivity index (χ0n) is 17.4. The van der Waals surface area contributed by atoms with E-state index in [0.29, 0.717) is 5.41 Å². The summed E-state index contributed by atoms with van der Waals surface area (Å²) in [6.45, 7) is 8.30. The highest BCUT2D eigenvalue weighted by atomic mass is 16.5. The number of nitrogens with zero attached hydrogens (tertiary/aromatic N) is 4. The molecule has 0 amide bonds. The van der Waals surface area contributed by atoms with E-state index in [1.807, 2.05) is 29.1 Å². The molecule has 1 fully saturated rings. The monoisotopic (exact) mass is 383 g/mol. The Morgan fingerprint density at radius 1 is 1.29 bits per heavy atom. The molecule has 1 aliphatic carbocycles. The third-order valence-corrected chi connectivity index (χ3v) is 5.28. The van der Waals surface area contributed by atoms with E-state index in [9.17, 15) is 0 Å². The molecule has 0 atom stereocenters. The predicted octanol–water partition coefficient (Wildman–Crippen LogP) is 3.48. The zero-order valence-corrected chi connectivity index (χ0v) is 17.4. The van der Waals surface area contributed by atoms with Crippen LogP contribution in [-0.4, -0.2) is 54.0 Å². The molecule has 1 N–H and O–H groups in total. The van der Waals surface area contributed by atoms with Crippen molar-refractivity contribution in [1.29, 1.82) is 0 Å². The summed E-state index contributed by atoms with van der Waals surface area (Å²) in [5.74, 6) is 0.956. The highest BCUT2D eigenvalue weighted by Crippen LogP contribution is 2.49. The van der Waals surface area contributed by atoms with Gasteiger partial charge in [-0.15, -0.1) is 0 Å². The quantitative estimate of drug-likeness (QED) is 0.388. The molecule has 1 aromatic heterocycles. The maximum atomic E-state index is 5.55. The second kappa shape index (κ2) is 9.73. The number of hydrogen-bond donors (Lipinski definition) is 1. The molecule has 0 radical (unpaired) electrons. The molecule has 0 saturated heterocycles. The van der Waals surface area contributed by atoms with Crippen molar-refractivity contribution in [3.63, 3.8) is 0 Å². The van der Waals surface area contributed by atoms with Crippen LogP contribution in [0.25, 0.3) is 5.69 Å². The van der Waals surface area contributed by atoms with Gasteiger partial charge in [0.25, 0.3) is 0 Å². The minimum absolute atomic E-state index is 0.356. The number of nitrogens with one attached hydrogen (secondary N) is 1. The molecule has 0 spiro atoms. The predicted molar refractivity (Wildman–Crippen MR) is 114 cm³/mol. The van der Waals surface area contributed by atoms with Gasteiger partial charge in [-0.3, -0.25) is 4.99 Å². The first-order valence-corrected chi connectivity index (χ1v) is 10.3. The fraction of sp³-hybridized carbons (Fsp3) is 0.545. The molecule has 3 rings (SSSR count). The summed E-state index contributed by atoms with van der Waals surface area (Å²) in [6.07, 6.45) is 7.64. The Labute approximate surface area is 168 Å². The molecular formula is C22H33N5O. The van der Waals surface area contributed by atoms with Crippen molar-refractivity contribution in [1.82, 2.24) is 20.0 Å². The number of hydrogen-bond acceptors (Lipinski definition) is 3. The van der Waals surface area contributed by atoms with Crippen LogP contribution < -0.4 is 5.32 Å². The van der Waals surface area contributed by atoms with E-state index in [1.54, 1.807) is 0 Å². The minimum atomic E-state index is 0.356. The molecule has 0 unspecified atom stereocenters. The van der Waals surface area contributed by atoms with Crippen molar-refractivity contribution in [2.24, 2.45) is 10.4 Å². The highest BCUT2D eigenvalue weighted by Gasteiger charge is 2.42. The van der Waals surface area contributed by atoms with Crippen molar-refractivity contribution in [2.75, 3.05) is 33.4 Å². The number of aliphatic imine (C=N–C) groups is 1. The Bertz CT molecular complexity index is 751. The third kappa shape index (κ3) is 5.58. The van der Waals surface area contributed by atoms with Crippen molar-refractivity contribution in [3.05, 3.63) is 48.3 Å². The van der Waals surface area contributed by atoms with Gasteiger partial charge < -0.3 is 15.0 Å². The number of guanidine groups is 1. The number of ether oxygens (including phenoxy) is 1. The topological polar surface area (TPSA) is 54.7 Å². The summed E-state index contributed by atoms with van der Waals surface area (Å²) in [5.41, 5.74) is 2.59. The van der Waals surface area contributed by atoms with Gasteiger partial charge in [0.15, 0.2) is 5.96 Å². The molecule has 0 bridgehead atoms. The Hall–Kier alpha value is -2.34. The van der Waals surface area contributed by atoms with E-state index in [1.165, 1.54) is 12.8 Å². The molecular weight excluding hydrogens is 350 g/mol. The second-order valence-electron chi connectivity index (χ2n) is 7.60. The number of benzene rings is 1. The number of rotatable bonds is 10. The first-order chi connectivity index (χ1) is 13.7. The summed E-state index contributed by atoms with van der Waals surface area (Å²) in [4.78, 5) is 7.11. The van der Waals surface area contributed by atoms with Crippen molar-refractivity contribution >= 4 is 5.96 Å². The average molecular weight is 384 g/mol. The van der Waals surface area contributed by atoms with Crippen LogP contribution in [0.2, 0.25) is 0 Å². The van der Waals surface area contributed by atoms with E-state index in [4.69, 9.17) is 9.73 Å². The molecule has 2 aromatic rings. The second-order valence-corrected chi connectivity index (χ2v) is 7.60. The van der Waals surface area contributed by atoms with E-state index >= 15 is 0 Å². The number of aromatic nitrogens is 2. The zero-order chi connectivity index (χ0) is 19.8. The lowest BCUT2D eigenvalue weighted by molar-refractivity contribution is 0.129. The van der Waals surface area contributed by atoms with Gasteiger partial charge in [-0.25, -0.2) is 4.68 Å². The molecule has 6 nitrogen and oxygen atoms in total. The van der Waals surface area contributed by atoms with E-state index in [-0.39, 0.29) is 0 Å². The molecule has 152 valence electrons. The molecule has 1 saturated carbocycles. The standard InChI is InChI=1S/C22H33N5O/c1-4-23-21(24-18-22(11-12-22)13-14-28-5-2)26(3)16-19-15-25-27(17-19)20-9-7-6-8-10-20/h6-10,15,17H,4-5,11-14,16,18H2,1-3H3,(H,23,24). The highest BCUT2D eigenvalue weighted by molar-refractivity contribution is 5.79. The van der Waals surface area contributed by atoms with Crippen LogP contribution in [0.5, 0.6) is 0 Å². The summed E-state index contributed by atoms with van der Waals surface area (Å²) >= 11 is 0. The minimum Gasteiger partial charge on any atom is -0.382 e. The lowest BCUT2D eigenvalue weighted by Gasteiger charge is -2.22. The van der Waals surface area contributed by atoms with Gasteiger partial charge in [-0.2, -0.15) is 5.10 Å². The van der Waals surface area contributed by atoms with Gasteiger partial charge in [0, 0.05) is 51.7 Å².